The summed E-state index contributed by atoms with van der Waals surface area (Å²) in [5, 5.41) is 0. The lowest BCUT2D eigenvalue weighted by Crippen LogP contribution is -2.10. The first-order chi connectivity index (χ1) is 7.97. The van der Waals surface area contributed by atoms with E-state index in [1.54, 1.807) is 0 Å². The second kappa shape index (κ2) is 4.04. The van der Waals surface area contributed by atoms with Crippen molar-refractivity contribution in [2.75, 3.05) is 0 Å². The minimum absolute atomic E-state index is 0.291. The van der Waals surface area contributed by atoms with Gasteiger partial charge in [-0.3, -0.25) is 0 Å². The number of rotatable bonds is 1. The van der Waals surface area contributed by atoms with Gasteiger partial charge < -0.3 is 4.98 Å². The maximum atomic E-state index is 12.5. The third-order valence-electron chi connectivity index (χ3n) is 2.18. The van der Waals surface area contributed by atoms with E-state index in [0.29, 0.717) is 11.3 Å². The van der Waals surface area contributed by atoms with Crippen molar-refractivity contribution < 1.29 is 13.2 Å². The van der Waals surface area contributed by atoms with Crippen LogP contribution in [0.5, 0.6) is 0 Å². The molecule has 0 aliphatic rings. The van der Waals surface area contributed by atoms with Crippen LogP contribution < -0.4 is 5.69 Å². The number of halogens is 3. The molecular weight excluding hydrogens is 233 g/mol. The Hall–Kier alpha value is -2.11. The van der Waals surface area contributed by atoms with Crippen LogP contribution in [0.1, 0.15) is 5.56 Å². The number of H-pyrrole nitrogens is 1. The number of hydrogen-bond acceptors (Lipinski definition) is 2. The molecular formula is C11H7F3N2O. The van der Waals surface area contributed by atoms with E-state index in [1.807, 2.05) is 0 Å². The zero-order valence-electron chi connectivity index (χ0n) is 8.45. The topological polar surface area (TPSA) is 45.8 Å². The van der Waals surface area contributed by atoms with Crippen molar-refractivity contribution in [1.29, 1.82) is 0 Å². The average molecular weight is 240 g/mol. The molecule has 1 aromatic carbocycles. The van der Waals surface area contributed by atoms with E-state index in [9.17, 15) is 18.0 Å². The molecule has 0 saturated carbocycles. The molecule has 0 amide bonds. The summed E-state index contributed by atoms with van der Waals surface area (Å²) in [6.45, 7) is 0. The fourth-order valence-corrected chi connectivity index (χ4v) is 1.40. The summed E-state index contributed by atoms with van der Waals surface area (Å²) < 4.78 is 37.4. The van der Waals surface area contributed by atoms with E-state index in [1.165, 1.54) is 24.4 Å². The second-order valence-electron chi connectivity index (χ2n) is 3.37. The number of nitrogens with one attached hydrogen (secondary N) is 1. The third-order valence-corrected chi connectivity index (χ3v) is 2.18. The lowest BCUT2D eigenvalue weighted by molar-refractivity contribution is -0.137. The summed E-state index contributed by atoms with van der Waals surface area (Å²) in [6.07, 6.45) is -3.15. The van der Waals surface area contributed by atoms with Gasteiger partial charge in [0, 0.05) is 6.20 Å². The molecule has 1 N–H and O–H groups in total. The summed E-state index contributed by atoms with van der Waals surface area (Å²) in [5.41, 5.74) is -0.761. The van der Waals surface area contributed by atoms with Gasteiger partial charge in [-0.05, 0) is 23.8 Å². The van der Waals surface area contributed by atoms with Crippen molar-refractivity contribution in [3.05, 3.63) is 52.6 Å². The van der Waals surface area contributed by atoms with Gasteiger partial charge in [-0.25, -0.2) is 9.78 Å². The standard InChI is InChI=1S/C11H7F3N2O/c12-11(13,14)8-3-1-2-7(6-8)9-4-5-15-10(17)16-9/h1-6H,(H,15,16,17). The van der Waals surface area contributed by atoms with E-state index in [0.717, 1.165) is 12.1 Å². The summed E-state index contributed by atoms with van der Waals surface area (Å²) in [6, 6.07) is 6.17. The molecule has 1 aromatic heterocycles. The van der Waals surface area contributed by atoms with Crippen LogP contribution in [0.3, 0.4) is 0 Å². The van der Waals surface area contributed by atoms with Gasteiger partial charge in [-0.2, -0.15) is 13.2 Å². The monoisotopic (exact) mass is 240 g/mol. The molecule has 2 rings (SSSR count). The number of nitrogens with zero attached hydrogens (tertiary/aromatic N) is 1. The number of benzene rings is 1. The summed E-state index contributed by atoms with van der Waals surface area (Å²) in [7, 11) is 0. The average Bonchev–Trinajstić information content (AvgIpc) is 2.28. The molecule has 0 atom stereocenters. The van der Waals surface area contributed by atoms with Crippen molar-refractivity contribution in [3.8, 4) is 11.3 Å². The summed E-state index contributed by atoms with van der Waals surface area (Å²) >= 11 is 0. The Balaban J connectivity index is 2.51. The normalized spacial score (nSPS) is 11.5. The molecule has 3 nitrogen and oxygen atoms in total. The molecule has 0 saturated heterocycles. The largest absolute Gasteiger partial charge is 0.416 e. The number of aromatic nitrogens is 2. The van der Waals surface area contributed by atoms with Crippen molar-refractivity contribution in [2.45, 2.75) is 6.18 Å². The molecule has 6 heteroatoms. The van der Waals surface area contributed by atoms with Crippen LogP contribution in [-0.4, -0.2) is 9.97 Å². The highest BCUT2D eigenvalue weighted by Gasteiger charge is 2.30. The van der Waals surface area contributed by atoms with Gasteiger partial charge in [0.15, 0.2) is 0 Å². The fourth-order valence-electron chi connectivity index (χ4n) is 1.40. The highest BCUT2D eigenvalue weighted by atomic mass is 19.4. The predicted octanol–water partition coefficient (Wildman–Crippen LogP) is 2.46. The third kappa shape index (κ3) is 2.52. The van der Waals surface area contributed by atoms with E-state index in [4.69, 9.17) is 0 Å². The second-order valence-corrected chi connectivity index (χ2v) is 3.37. The number of alkyl halides is 3. The molecule has 17 heavy (non-hydrogen) atoms. The van der Waals surface area contributed by atoms with E-state index in [2.05, 4.69) is 9.97 Å². The molecule has 0 unspecified atom stereocenters. The van der Waals surface area contributed by atoms with Gasteiger partial charge in [-0.1, -0.05) is 12.1 Å². The maximum Gasteiger partial charge on any atom is 0.416 e. The van der Waals surface area contributed by atoms with Crippen LogP contribution in [0.15, 0.2) is 41.3 Å². The molecule has 0 bridgehead atoms. The Bertz CT molecular complexity index is 590. The van der Waals surface area contributed by atoms with Crippen LogP contribution in [0.2, 0.25) is 0 Å². The van der Waals surface area contributed by atoms with Crippen molar-refractivity contribution in [3.63, 3.8) is 0 Å². The Morgan fingerprint density at radius 3 is 2.59 bits per heavy atom. The van der Waals surface area contributed by atoms with Gasteiger partial charge in [-0.15, -0.1) is 0 Å². The van der Waals surface area contributed by atoms with Crippen molar-refractivity contribution in [1.82, 2.24) is 9.97 Å². The first-order valence-corrected chi connectivity index (χ1v) is 4.70. The summed E-state index contributed by atoms with van der Waals surface area (Å²) in [4.78, 5) is 16.7. The zero-order chi connectivity index (χ0) is 12.5. The zero-order valence-corrected chi connectivity index (χ0v) is 8.45. The van der Waals surface area contributed by atoms with Gasteiger partial charge in [0.25, 0.3) is 0 Å². The SMILES string of the molecule is O=c1nccc(-c2cccc(C(F)(F)F)c2)[nH]1. The van der Waals surface area contributed by atoms with Crippen LogP contribution in [-0.2, 0) is 6.18 Å². The Labute approximate surface area is 94.0 Å². The summed E-state index contributed by atoms with van der Waals surface area (Å²) in [5.74, 6) is 0. The van der Waals surface area contributed by atoms with E-state index in [-0.39, 0.29) is 0 Å². The lowest BCUT2D eigenvalue weighted by atomic mass is 10.1. The first kappa shape index (κ1) is 11.4. The highest BCUT2D eigenvalue weighted by Crippen LogP contribution is 2.31. The van der Waals surface area contributed by atoms with Crippen LogP contribution >= 0.6 is 0 Å². The van der Waals surface area contributed by atoms with Gasteiger partial charge in [0.2, 0.25) is 0 Å². The Morgan fingerprint density at radius 2 is 1.94 bits per heavy atom. The molecule has 0 aliphatic heterocycles. The predicted molar refractivity (Wildman–Crippen MR) is 55.3 cm³/mol. The molecule has 1 heterocycles. The first-order valence-electron chi connectivity index (χ1n) is 4.70. The Kier molecular flexibility index (Phi) is 2.71. The smallest absolute Gasteiger partial charge is 0.305 e. The van der Waals surface area contributed by atoms with Gasteiger partial charge in [0.1, 0.15) is 0 Å². The van der Waals surface area contributed by atoms with Crippen LogP contribution in [0, 0.1) is 0 Å². The van der Waals surface area contributed by atoms with Gasteiger partial charge in [0.05, 0.1) is 11.3 Å². The number of aromatic amines is 1. The maximum absolute atomic E-state index is 12.5. The lowest BCUT2D eigenvalue weighted by Gasteiger charge is -2.08. The molecule has 0 fully saturated rings. The Morgan fingerprint density at radius 1 is 1.18 bits per heavy atom. The minimum Gasteiger partial charge on any atom is -0.305 e. The molecule has 0 aliphatic carbocycles. The highest BCUT2D eigenvalue weighted by molar-refractivity contribution is 5.59. The minimum atomic E-state index is -4.40. The molecule has 0 spiro atoms. The van der Waals surface area contributed by atoms with Crippen molar-refractivity contribution in [2.24, 2.45) is 0 Å². The molecule has 0 radical (unpaired) electrons. The van der Waals surface area contributed by atoms with Gasteiger partial charge >= 0.3 is 11.9 Å². The molecule has 88 valence electrons. The molecule has 2 aromatic rings. The van der Waals surface area contributed by atoms with E-state index < -0.39 is 17.4 Å². The fraction of sp³-hybridized carbons (Fsp3) is 0.0909. The van der Waals surface area contributed by atoms with Crippen LogP contribution in [0.25, 0.3) is 11.3 Å². The van der Waals surface area contributed by atoms with Crippen LogP contribution in [0.4, 0.5) is 13.2 Å². The van der Waals surface area contributed by atoms with Crippen molar-refractivity contribution >= 4 is 0 Å². The number of hydrogen-bond donors (Lipinski definition) is 1. The van der Waals surface area contributed by atoms with E-state index >= 15 is 0 Å². The quantitative estimate of drug-likeness (QED) is 0.832.